The van der Waals surface area contributed by atoms with Crippen LogP contribution >= 0.6 is 0 Å². The number of hydrogen-bond acceptors (Lipinski definition) is 2. The number of hydrogen-bond donors (Lipinski definition) is 2. The van der Waals surface area contributed by atoms with Crippen LogP contribution in [-0.2, 0) is 4.79 Å². The Labute approximate surface area is 93.3 Å². The van der Waals surface area contributed by atoms with Gasteiger partial charge >= 0.3 is 5.97 Å². The Hall–Kier alpha value is -1.42. The Kier molecular flexibility index (Phi) is 2.92. The SMILES string of the molecule is Cc1ccc(C2CC(C(=O)O)CN2)cc1F. The summed E-state index contributed by atoms with van der Waals surface area (Å²) in [5, 5.41) is 12.0. The minimum Gasteiger partial charge on any atom is -0.481 e. The molecule has 0 aliphatic carbocycles. The largest absolute Gasteiger partial charge is 0.481 e. The minimum absolute atomic E-state index is 0.0452. The molecule has 0 saturated carbocycles. The van der Waals surface area contributed by atoms with E-state index in [2.05, 4.69) is 5.32 Å². The fourth-order valence-electron chi connectivity index (χ4n) is 2.00. The Morgan fingerprint density at radius 2 is 2.31 bits per heavy atom. The molecule has 1 aromatic rings. The molecule has 1 saturated heterocycles. The van der Waals surface area contributed by atoms with E-state index in [-0.39, 0.29) is 17.8 Å². The average Bonchev–Trinajstić information content (AvgIpc) is 2.71. The highest BCUT2D eigenvalue weighted by molar-refractivity contribution is 5.70. The van der Waals surface area contributed by atoms with Crippen LogP contribution in [0.5, 0.6) is 0 Å². The maximum atomic E-state index is 13.3. The van der Waals surface area contributed by atoms with E-state index < -0.39 is 5.97 Å². The Morgan fingerprint density at radius 3 is 2.88 bits per heavy atom. The quantitative estimate of drug-likeness (QED) is 0.804. The first-order chi connectivity index (χ1) is 7.58. The van der Waals surface area contributed by atoms with Crippen LogP contribution in [0.25, 0.3) is 0 Å². The minimum atomic E-state index is -0.789. The van der Waals surface area contributed by atoms with E-state index in [4.69, 9.17) is 5.11 Å². The summed E-state index contributed by atoms with van der Waals surface area (Å²) < 4.78 is 13.3. The second kappa shape index (κ2) is 4.22. The molecule has 1 fully saturated rings. The van der Waals surface area contributed by atoms with Gasteiger partial charge in [0.15, 0.2) is 0 Å². The molecule has 2 N–H and O–H groups in total. The van der Waals surface area contributed by atoms with Crippen LogP contribution in [0.1, 0.15) is 23.6 Å². The zero-order valence-electron chi connectivity index (χ0n) is 9.03. The lowest BCUT2D eigenvalue weighted by molar-refractivity contribution is -0.141. The first-order valence-electron chi connectivity index (χ1n) is 5.30. The molecule has 0 aromatic heterocycles. The van der Waals surface area contributed by atoms with Crippen LogP contribution in [0.15, 0.2) is 18.2 Å². The molecule has 1 aliphatic heterocycles. The van der Waals surface area contributed by atoms with Crippen molar-refractivity contribution in [2.45, 2.75) is 19.4 Å². The van der Waals surface area contributed by atoms with E-state index in [9.17, 15) is 9.18 Å². The number of carbonyl (C=O) groups is 1. The maximum Gasteiger partial charge on any atom is 0.307 e. The smallest absolute Gasteiger partial charge is 0.307 e. The Bertz CT molecular complexity index is 419. The lowest BCUT2D eigenvalue weighted by atomic mass is 9.99. The molecule has 0 bridgehead atoms. The van der Waals surface area contributed by atoms with Gasteiger partial charge in [0.05, 0.1) is 5.92 Å². The van der Waals surface area contributed by atoms with E-state index in [1.807, 2.05) is 6.07 Å². The monoisotopic (exact) mass is 223 g/mol. The molecule has 1 aromatic carbocycles. The molecule has 2 unspecified atom stereocenters. The predicted octanol–water partition coefficient (Wildman–Crippen LogP) is 1.87. The van der Waals surface area contributed by atoms with Gasteiger partial charge in [0.2, 0.25) is 0 Å². The number of aryl methyl sites for hydroxylation is 1. The van der Waals surface area contributed by atoms with Crippen molar-refractivity contribution in [2.24, 2.45) is 5.92 Å². The number of carboxylic acid groups (broad SMARTS) is 1. The summed E-state index contributed by atoms with van der Waals surface area (Å²) in [6.07, 6.45) is 0.526. The van der Waals surface area contributed by atoms with Gasteiger partial charge in [0, 0.05) is 12.6 Å². The fourth-order valence-corrected chi connectivity index (χ4v) is 2.00. The summed E-state index contributed by atoms with van der Waals surface area (Å²) in [6, 6.07) is 5.01. The predicted molar refractivity (Wildman–Crippen MR) is 57.6 cm³/mol. The van der Waals surface area contributed by atoms with Gasteiger partial charge in [-0.05, 0) is 30.5 Å². The molecule has 2 rings (SSSR count). The zero-order chi connectivity index (χ0) is 11.7. The Balaban J connectivity index is 2.14. The van der Waals surface area contributed by atoms with Crippen molar-refractivity contribution in [3.05, 3.63) is 35.1 Å². The molecule has 0 amide bonds. The number of aliphatic carboxylic acids is 1. The van der Waals surface area contributed by atoms with Crippen LogP contribution in [-0.4, -0.2) is 17.6 Å². The third-order valence-electron chi connectivity index (χ3n) is 3.08. The molecule has 2 atom stereocenters. The number of halogens is 1. The van der Waals surface area contributed by atoms with Gasteiger partial charge in [-0.15, -0.1) is 0 Å². The molecule has 0 radical (unpaired) electrons. The van der Waals surface area contributed by atoms with E-state index in [0.29, 0.717) is 18.5 Å². The molecular weight excluding hydrogens is 209 g/mol. The summed E-state index contributed by atoms with van der Waals surface area (Å²) in [6.45, 7) is 2.16. The molecule has 1 heterocycles. The maximum absolute atomic E-state index is 13.3. The standard InChI is InChI=1S/C12H14FNO2/c1-7-2-3-8(4-10(7)13)11-5-9(6-14-11)12(15)16/h2-4,9,11,14H,5-6H2,1H3,(H,15,16). The van der Waals surface area contributed by atoms with Gasteiger partial charge in [0.1, 0.15) is 5.82 Å². The average molecular weight is 223 g/mol. The van der Waals surface area contributed by atoms with E-state index in [0.717, 1.165) is 5.56 Å². The van der Waals surface area contributed by atoms with Crippen LogP contribution in [0.2, 0.25) is 0 Å². The van der Waals surface area contributed by atoms with E-state index in [1.165, 1.54) is 6.07 Å². The second-order valence-electron chi connectivity index (χ2n) is 4.24. The van der Waals surface area contributed by atoms with Crippen LogP contribution in [0, 0.1) is 18.7 Å². The van der Waals surface area contributed by atoms with Crippen molar-refractivity contribution in [2.75, 3.05) is 6.54 Å². The van der Waals surface area contributed by atoms with Gasteiger partial charge in [-0.3, -0.25) is 4.79 Å². The molecule has 86 valence electrons. The van der Waals surface area contributed by atoms with Gasteiger partial charge in [-0.1, -0.05) is 12.1 Å². The van der Waals surface area contributed by atoms with E-state index >= 15 is 0 Å². The summed E-state index contributed by atoms with van der Waals surface area (Å²) in [5.41, 5.74) is 1.43. The summed E-state index contributed by atoms with van der Waals surface area (Å²) in [7, 11) is 0. The number of nitrogens with one attached hydrogen (secondary N) is 1. The second-order valence-corrected chi connectivity index (χ2v) is 4.24. The normalized spacial score (nSPS) is 24.6. The van der Waals surface area contributed by atoms with Crippen LogP contribution < -0.4 is 5.32 Å². The van der Waals surface area contributed by atoms with Crippen LogP contribution in [0.4, 0.5) is 4.39 Å². The van der Waals surface area contributed by atoms with Crippen molar-refractivity contribution < 1.29 is 14.3 Å². The third-order valence-corrected chi connectivity index (χ3v) is 3.08. The molecule has 0 spiro atoms. The van der Waals surface area contributed by atoms with Crippen molar-refractivity contribution >= 4 is 5.97 Å². The number of benzene rings is 1. The summed E-state index contributed by atoms with van der Waals surface area (Å²) >= 11 is 0. The van der Waals surface area contributed by atoms with Crippen molar-refractivity contribution in [3.63, 3.8) is 0 Å². The summed E-state index contributed by atoms with van der Waals surface area (Å²) in [4.78, 5) is 10.8. The highest BCUT2D eigenvalue weighted by atomic mass is 19.1. The molecule has 3 nitrogen and oxygen atoms in total. The molecule has 1 aliphatic rings. The lowest BCUT2D eigenvalue weighted by Gasteiger charge is -2.11. The van der Waals surface area contributed by atoms with Crippen molar-refractivity contribution in [1.82, 2.24) is 5.32 Å². The molecule has 4 heteroatoms. The highest BCUT2D eigenvalue weighted by Crippen LogP contribution is 2.28. The van der Waals surface area contributed by atoms with Gasteiger partial charge in [-0.25, -0.2) is 4.39 Å². The first-order valence-corrected chi connectivity index (χ1v) is 5.30. The number of rotatable bonds is 2. The van der Waals surface area contributed by atoms with Crippen LogP contribution in [0.3, 0.4) is 0 Å². The fraction of sp³-hybridized carbons (Fsp3) is 0.417. The molecular formula is C12H14FNO2. The first kappa shape index (κ1) is 11.1. The summed E-state index contributed by atoms with van der Waals surface area (Å²) in [5.74, 6) is -1.39. The Morgan fingerprint density at radius 1 is 1.56 bits per heavy atom. The lowest BCUT2D eigenvalue weighted by Crippen LogP contribution is -2.17. The van der Waals surface area contributed by atoms with Gasteiger partial charge < -0.3 is 10.4 Å². The topological polar surface area (TPSA) is 49.3 Å². The third kappa shape index (κ3) is 2.07. The zero-order valence-corrected chi connectivity index (χ0v) is 9.03. The van der Waals surface area contributed by atoms with Gasteiger partial charge in [-0.2, -0.15) is 0 Å². The highest BCUT2D eigenvalue weighted by Gasteiger charge is 2.30. The van der Waals surface area contributed by atoms with Crippen molar-refractivity contribution in [1.29, 1.82) is 0 Å². The van der Waals surface area contributed by atoms with Gasteiger partial charge in [0.25, 0.3) is 0 Å². The number of carboxylic acids is 1. The molecule has 16 heavy (non-hydrogen) atoms. The van der Waals surface area contributed by atoms with E-state index in [1.54, 1.807) is 13.0 Å². The van der Waals surface area contributed by atoms with Crippen molar-refractivity contribution in [3.8, 4) is 0 Å².